The van der Waals surface area contributed by atoms with Gasteiger partial charge in [-0.05, 0) is 24.6 Å². The number of anilines is 2. The van der Waals surface area contributed by atoms with Crippen molar-refractivity contribution >= 4 is 56.3 Å². The smallest absolute Gasteiger partial charge is 0.225 e. The lowest BCUT2D eigenvalue weighted by Gasteiger charge is -2.07. The Bertz CT molecular complexity index is 766. The average Bonchev–Trinajstić information content (AvgIpc) is 3.10. The largest absolute Gasteiger partial charge is 0.364 e. The van der Waals surface area contributed by atoms with E-state index in [9.17, 15) is 0 Å². The van der Waals surface area contributed by atoms with Gasteiger partial charge in [0.1, 0.15) is 10.6 Å². The highest BCUT2D eigenvalue weighted by Crippen LogP contribution is 2.31. The molecule has 0 unspecified atom stereocenters. The second-order valence-corrected chi connectivity index (χ2v) is 7.41. The van der Waals surface area contributed by atoms with E-state index in [1.165, 1.54) is 9.75 Å². The van der Waals surface area contributed by atoms with Crippen molar-refractivity contribution < 1.29 is 0 Å². The monoisotopic (exact) mass is 338 g/mol. The van der Waals surface area contributed by atoms with Crippen LogP contribution in [0.5, 0.6) is 0 Å². The Morgan fingerprint density at radius 3 is 2.71 bits per heavy atom. The fourth-order valence-electron chi connectivity index (χ4n) is 2.01. The van der Waals surface area contributed by atoms with Crippen LogP contribution in [0, 0.1) is 0 Å². The Hall–Kier alpha value is -1.37. The van der Waals surface area contributed by atoms with Gasteiger partial charge in [0, 0.05) is 16.8 Å². The third-order valence-electron chi connectivity index (χ3n) is 3.07. The fraction of sp³-hybridized carbons (Fsp3) is 0.286. The van der Waals surface area contributed by atoms with Crippen molar-refractivity contribution in [2.75, 3.05) is 17.7 Å². The Morgan fingerprint density at radius 2 is 2.05 bits per heavy atom. The molecule has 0 aliphatic heterocycles. The highest BCUT2D eigenvalue weighted by atomic mass is 35.5. The van der Waals surface area contributed by atoms with Crippen LogP contribution in [-0.2, 0) is 13.0 Å². The van der Waals surface area contributed by atoms with Crippen molar-refractivity contribution in [3.05, 3.63) is 32.3 Å². The van der Waals surface area contributed by atoms with Crippen molar-refractivity contribution in [1.82, 2.24) is 9.97 Å². The first-order chi connectivity index (χ1) is 10.2. The maximum Gasteiger partial charge on any atom is 0.225 e. The summed E-state index contributed by atoms with van der Waals surface area (Å²) in [5.74, 6) is 1.50. The summed E-state index contributed by atoms with van der Waals surface area (Å²) in [4.78, 5) is 12.6. The summed E-state index contributed by atoms with van der Waals surface area (Å²) < 4.78 is 0.805. The van der Waals surface area contributed by atoms with E-state index in [2.05, 4.69) is 33.6 Å². The second-order valence-electron chi connectivity index (χ2n) is 4.49. The molecule has 3 aromatic heterocycles. The molecule has 0 saturated heterocycles. The Balaban J connectivity index is 1.93. The van der Waals surface area contributed by atoms with Gasteiger partial charge in [-0.2, -0.15) is 4.98 Å². The predicted molar refractivity (Wildman–Crippen MR) is 93.0 cm³/mol. The highest BCUT2D eigenvalue weighted by Gasteiger charge is 2.11. The van der Waals surface area contributed by atoms with Crippen LogP contribution in [0.25, 0.3) is 10.2 Å². The number of nitrogens with zero attached hydrogens (tertiary/aromatic N) is 2. The van der Waals surface area contributed by atoms with Gasteiger partial charge in [-0.3, -0.25) is 0 Å². The summed E-state index contributed by atoms with van der Waals surface area (Å²) in [6.07, 6.45) is 1.01. The summed E-state index contributed by atoms with van der Waals surface area (Å²) >= 11 is 9.26. The van der Waals surface area contributed by atoms with Gasteiger partial charge in [0.05, 0.1) is 16.3 Å². The third-order valence-corrected chi connectivity index (χ3v) is 5.48. The lowest BCUT2D eigenvalue weighted by atomic mass is 10.3. The Morgan fingerprint density at radius 1 is 1.19 bits per heavy atom. The number of fused-ring (bicyclic) bond motifs is 1. The standard InChI is InChI=1S/C14H15ClN4S2/c1-3-8-6-10-12(17-7-9-4-5-11(15)20-9)18-14(16-2)19-13(10)21-8/h4-6H,3,7H2,1-2H3,(H2,16,17,18,19). The molecular weight excluding hydrogens is 324 g/mol. The van der Waals surface area contributed by atoms with E-state index in [-0.39, 0.29) is 0 Å². The summed E-state index contributed by atoms with van der Waals surface area (Å²) in [6.45, 7) is 2.86. The van der Waals surface area contributed by atoms with Crippen molar-refractivity contribution in [2.24, 2.45) is 0 Å². The van der Waals surface area contributed by atoms with Crippen LogP contribution < -0.4 is 10.6 Å². The molecule has 3 rings (SSSR count). The van der Waals surface area contributed by atoms with Crippen LogP contribution in [-0.4, -0.2) is 17.0 Å². The second kappa shape index (κ2) is 6.17. The van der Waals surface area contributed by atoms with Gasteiger partial charge in [-0.1, -0.05) is 18.5 Å². The van der Waals surface area contributed by atoms with Crippen LogP contribution >= 0.6 is 34.3 Å². The number of thiophene rings is 2. The van der Waals surface area contributed by atoms with Crippen molar-refractivity contribution in [2.45, 2.75) is 19.9 Å². The number of hydrogen-bond donors (Lipinski definition) is 2. The molecule has 0 fully saturated rings. The summed E-state index contributed by atoms with van der Waals surface area (Å²) in [5, 5.41) is 7.49. The molecular formula is C14H15ClN4S2. The van der Waals surface area contributed by atoms with Crippen molar-refractivity contribution in [3.63, 3.8) is 0 Å². The zero-order valence-electron chi connectivity index (χ0n) is 11.7. The molecule has 0 radical (unpaired) electrons. The van der Waals surface area contributed by atoms with E-state index in [1.54, 1.807) is 22.7 Å². The first-order valence-electron chi connectivity index (χ1n) is 6.66. The third kappa shape index (κ3) is 3.12. The van der Waals surface area contributed by atoms with Crippen LogP contribution in [0.1, 0.15) is 16.7 Å². The minimum Gasteiger partial charge on any atom is -0.364 e. The summed E-state index contributed by atoms with van der Waals surface area (Å²) in [6, 6.07) is 6.11. The quantitative estimate of drug-likeness (QED) is 0.712. The molecule has 0 aliphatic carbocycles. The Labute approximate surface area is 136 Å². The number of aryl methyl sites for hydroxylation is 1. The molecule has 21 heavy (non-hydrogen) atoms. The predicted octanol–water partition coefficient (Wildman–Crippen LogP) is 4.62. The number of aromatic nitrogens is 2. The minimum atomic E-state index is 0.638. The topological polar surface area (TPSA) is 49.8 Å². The van der Waals surface area contributed by atoms with E-state index in [0.29, 0.717) is 12.5 Å². The lowest BCUT2D eigenvalue weighted by Crippen LogP contribution is -2.04. The van der Waals surface area contributed by atoms with Gasteiger partial charge in [-0.25, -0.2) is 4.98 Å². The molecule has 4 nitrogen and oxygen atoms in total. The summed E-state index contributed by atoms with van der Waals surface area (Å²) in [5.41, 5.74) is 0. The highest BCUT2D eigenvalue weighted by molar-refractivity contribution is 7.18. The average molecular weight is 339 g/mol. The van der Waals surface area contributed by atoms with E-state index in [0.717, 1.165) is 26.8 Å². The number of rotatable bonds is 5. The van der Waals surface area contributed by atoms with Crippen LogP contribution in [0.3, 0.4) is 0 Å². The molecule has 2 N–H and O–H groups in total. The normalized spacial score (nSPS) is 11.0. The molecule has 3 aromatic rings. The van der Waals surface area contributed by atoms with Crippen LogP contribution in [0.15, 0.2) is 18.2 Å². The molecule has 0 saturated carbocycles. The van der Waals surface area contributed by atoms with E-state index >= 15 is 0 Å². The van der Waals surface area contributed by atoms with Crippen LogP contribution in [0.4, 0.5) is 11.8 Å². The van der Waals surface area contributed by atoms with E-state index in [4.69, 9.17) is 11.6 Å². The first kappa shape index (κ1) is 14.6. The maximum atomic E-state index is 5.96. The van der Waals surface area contributed by atoms with Gasteiger partial charge in [0.15, 0.2) is 0 Å². The number of nitrogens with one attached hydrogen (secondary N) is 2. The molecule has 0 amide bonds. The van der Waals surface area contributed by atoms with Crippen molar-refractivity contribution in [3.8, 4) is 0 Å². The zero-order valence-corrected chi connectivity index (χ0v) is 14.1. The fourth-order valence-corrected chi connectivity index (χ4v) is 4.00. The van der Waals surface area contributed by atoms with Gasteiger partial charge in [0.2, 0.25) is 5.95 Å². The number of halogens is 1. The molecule has 3 heterocycles. The van der Waals surface area contributed by atoms with Gasteiger partial charge < -0.3 is 10.6 Å². The number of hydrogen-bond acceptors (Lipinski definition) is 6. The Kier molecular flexibility index (Phi) is 4.28. The molecule has 7 heteroatoms. The molecule has 0 spiro atoms. The van der Waals surface area contributed by atoms with Gasteiger partial charge >= 0.3 is 0 Å². The maximum absolute atomic E-state index is 5.96. The molecule has 0 bridgehead atoms. The van der Waals surface area contributed by atoms with Crippen LogP contribution in [0.2, 0.25) is 4.34 Å². The minimum absolute atomic E-state index is 0.638. The molecule has 110 valence electrons. The first-order valence-corrected chi connectivity index (χ1v) is 8.67. The SMILES string of the molecule is CCc1cc2c(NCc3ccc(Cl)s3)nc(NC)nc2s1. The zero-order chi connectivity index (χ0) is 14.8. The molecule has 0 atom stereocenters. The van der Waals surface area contributed by atoms with E-state index in [1.807, 2.05) is 19.2 Å². The summed E-state index contributed by atoms with van der Waals surface area (Å²) in [7, 11) is 1.83. The van der Waals surface area contributed by atoms with Gasteiger partial charge in [0.25, 0.3) is 0 Å². The van der Waals surface area contributed by atoms with E-state index < -0.39 is 0 Å². The molecule has 0 aliphatic rings. The van der Waals surface area contributed by atoms with Gasteiger partial charge in [-0.15, -0.1) is 22.7 Å². The van der Waals surface area contributed by atoms with Crippen molar-refractivity contribution in [1.29, 1.82) is 0 Å². The molecule has 0 aromatic carbocycles. The lowest BCUT2D eigenvalue weighted by molar-refractivity contribution is 1.12.